The van der Waals surface area contributed by atoms with Crippen LogP contribution >= 0.6 is 11.3 Å². The van der Waals surface area contributed by atoms with Crippen LogP contribution in [0.25, 0.3) is 10.8 Å². The zero-order chi connectivity index (χ0) is 16.4. The lowest BCUT2D eigenvalue weighted by molar-refractivity contribution is -0.134. The zero-order valence-corrected chi connectivity index (χ0v) is 14.5. The lowest BCUT2D eigenvalue weighted by Gasteiger charge is -2.34. The Hall–Kier alpha value is -1.73. The summed E-state index contributed by atoms with van der Waals surface area (Å²) in [6.45, 7) is 3.84. The van der Waals surface area contributed by atoms with Crippen molar-refractivity contribution >= 4 is 17.2 Å². The predicted octanol–water partition coefficient (Wildman–Crippen LogP) is 2.66. The van der Waals surface area contributed by atoms with Crippen molar-refractivity contribution in [1.29, 1.82) is 0 Å². The molecule has 7 heteroatoms. The van der Waals surface area contributed by atoms with Crippen molar-refractivity contribution in [3.05, 3.63) is 23.4 Å². The topological polar surface area (TPSA) is 62.5 Å². The molecule has 0 spiro atoms. The number of likely N-dealkylation sites (tertiary alicyclic amines) is 1. The van der Waals surface area contributed by atoms with Crippen LogP contribution in [-0.2, 0) is 4.79 Å². The van der Waals surface area contributed by atoms with Gasteiger partial charge >= 0.3 is 0 Å². The molecular formula is C16H22N4O2S. The molecule has 124 valence electrons. The van der Waals surface area contributed by atoms with Crippen LogP contribution in [-0.4, -0.2) is 53.1 Å². The van der Waals surface area contributed by atoms with E-state index in [1.807, 2.05) is 31.6 Å². The summed E-state index contributed by atoms with van der Waals surface area (Å²) in [6.07, 6.45) is 1.76. The number of thiophene rings is 1. The number of rotatable bonds is 4. The number of carbonyl (C=O) groups is 1. The fraction of sp³-hybridized carbons (Fsp3) is 0.562. The molecule has 0 aliphatic carbocycles. The van der Waals surface area contributed by atoms with Crippen LogP contribution in [0.4, 0.5) is 0 Å². The second kappa shape index (κ2) is 6.80. The van der Waals surface area contributed by atoms with E-state index in [1.165, 1.54) is 0 Å². The maximum atomic E-state index is 12.0. The molecule has 0 radical (unpaired) electrons. The van der Waals surface area contributed by atoms with Gasteiger partial charge in [0, 0.05) is 20.0 Å². The molecule has 0 aromatic carbocycles. The molecule has 6 nitrogen and oxygen atoms in total. The highest BCUT2D eigenvalue weighted by molar-refractivity contribution is 7.13. The number of piperidine rings is 1. The number of amides is 1. The predicted molar refractivity (Wildman–Crippen MR) is 89.0 cm³/mol. The van der Waals surface area contributed by atoms with Crippen molar-refractivity contribution in [3.63, 3.8) is 0 Å². The quantitative estimate of drug-likeness (QED) is 0.860. The Bertz CT molecular complexity index is 645. The fourth-order valence-electron chi connectivity index (χ4n) is 2.96. The van der Waals surface area contributed by atoms with Crippen molar-refractivity contribution < 1.29 is 9.21 Å². The molecule has 23 heavy (non-hydrogen) atoms. The summed E-state index contributed by atoms with van der Waals surface area (Å²) in [5.74, 6) is 1.60. The van der Waals surface area contributed by atoms with E-state index in [2.05, 4.69) is 22.0 Å². The highest BCUT2D eigenvalue weighted by Gasteiger charge is 2.30. The molecule has 1 aliphatic rings. The van der Waals surface area contributed by atoms with Gasteiger partial charge in [-0.2, -0.15) is 0 Å². The first-order valence-electron chi connectivity index (χ1n) is 7.88. The smallest absolute Gasteiger partial charge is 0.257 e. The molecular weight excluding hydrogens is 312 g/mol. The lowest BCUT2D eigenvalue weighted by atomic mass is 9.94. The second-order valence-corrected chi connectivity index (χ2v) is 7.09. The molecule has 1 fully saturated rings. The summed E-state index contributed by atoms with van der Waals surface area (Å²) in [7, 11) is 3.64. The van der Waals surface area contributed by atoms with E-state index in [9.17, 15) is 4.79 Å². The van der Waals surface area contributed by atoms with Gasteiger partial charge in [-0.1, -0.05) is 6.07 Å². The fourth-order valence-corrected chi connectivity index (χ4v) is 3.60. The molecule has 1 atom stereocenters. The van der Waals surface area contributed by atoms with Gasteiger partial charge in [-0.05, 0) is 44.3 Å². The molecule has 1 amide bonds. The van der Waals surface area contributed by atoms with Gasteiger partial charge in [-0.3, -0.25) is 9.69 Å². The Morgan fingerprint density at radius 1 is 1.39 bits per heavy atom. The van der Waals surface area contributed by atoms with Crippen LogP contribution in [0.15, 0.2) is 21.9 Å². The summed E-state index contributed by atoms with van der Waals surface area (Å²) in [5.41, 5.74) is 0. The third kappa shape index (κ3) is 3.45. The molecule has 1 aliphatic heterocycles. The third-order valence-corrected chi connectivity index (χ3v) is 5.26. The monoisotopic (exact) mass is 334 g/mol. The van der Waals surface area contributed by atoms with E-state index >= 15 is 0 Å². The summed E-state index contributed by atoms with van der Waals surface area (Å²) >= 11 is 1.59. The maximum absolute atomic E-state index is 12.0. The SMILES string of the molecule is C[C@@H](c1nnc(-c2cccs2)o1)N1CCC(C(=O)N(C)C)CC1. The third-order valence-electron chi connectivity index (χ3n) is 4.40. The van der Waals surface area contributed by atoms with Crippen LogP contribution < -0.4 is 0 Å². The normalized spacial score (nSPS) is 18.0. The molecule has 0 N–H and O–H groups in total. The standard InChI is InChI=1S/C16H22N4O2S/c1-11(14-17-18-15(22-14)13-5-4-10-23-13)20-8-6-12(7-9-20)16(21)19(2)3/h4-5,10-12H,6-9H2,1-3H3/t11-/m0/s1. The lowest BCUT2D eigenvalue weighted by Crippen LogP contribution is -2.41. The van der Waals surface area contributed by atoms with E-state index in [0.29, 0.717) is 11.8 Å². The van der Waals surface area contributed by atoms with Crippen molar-refractivity contribution in [3.8, 4) is 10.8 Å². The summed E-state index contributed by atoms with van der Waals surface area (Å²) in [6, 6.07) is 4.02. The van der Waals surface area contributed by atoms with Gasteiger partial charge in [0.2, 0.25) is 11.8 Å². The second-order valence-electron chi connectivity index (χ2n) is 6.14. The number of nitrogens with zero attached hydrogens (tertiary/aromatic N) is 4. The zero-order valence-electron chi connectivity index (χ0n) is 13.7. The average molecular weight is 334 g/mol. The molecule has 0 saturated carbocycles. The van der Waals surface area contributed by atoms with Crippen molar-refractivity contribution in [2.75, 3.05) is 27.2 Å². The first kappa shape index (κ1) is 16.1. The van der Waals surface area contributed by atoms with Crippen LogP contribution in [0.1, 0.15) is 31.7 Å². The van der Waals surface area contributed by atoms with Crippen molar-refractivity contribution in [1.82, 2.24) is 20.0 Å². The maximum Gasteiger partial charge on any atom is 0.257 e. The molecule has 1 saturated heterocycles. The Kier molecular flexibility index (Phi) is 4.77. The van der Waals surface area contributed by atoms with Crippen molar-refractivity contribution in [2.45, 2.75) is 25.8 Å². The van der Waals surface area contributed by atoms with E-state index < -0.39 is 0 Å². The van der Waals surface area contributed by atoms with E-state index in [4.69, 9.17) is 4.42 Å². The van der Waals surface area contributed by atoms with E-state index in [1.54, 1.807) is 16.2 Å². The molecule has 3 rings (SSSR count). The van der Waals surface area contributed by atoms with Crippen LogP contribution in [0.2, 0.25) is 0 Å². The van der Waals surface area contributed by atoms with Gasteiger partial charge < -0.3 is 9.32 Å². The van der Waals surface area contributed by atoms with Gasteiger partial charge in [-0.25, -0.2) is 0 Å². The van der Waals surface area contributed by atoms with E-state index in [0.717, 1.165) is 30.8 Å². The molecule has 3 heterocycles. The number of aromatic nitrogens is 2. The minimum atomic E-state index is 0.0756. The first-order chi connectivity index (χ1) is 11.1. The van der Waals surface area contributed by atoms with Crippen LogP contribution in [0.3, 0.4) is 0 Å². The molecule has 2 aromatic rings. The Balaban J connectivity index is 1.61. The Morgan fingerprint density at radius 3 is 2.74 bits per heavy atom. The largest absolute Gasteiger partial charge is 0.418 e. The van der Waals surface area contributed by atoms with E-state index in [-0.39, 0.29) is 17.9 Å². The van der Waals surface area contributed by atoms with Gasteiger partial charge in [0.05, 0.1) is 10.9 Å². The highest BCUT2D eigenvalue weighted by atomic mass is 32.1. The molecule has 2 aromatic heterocycles. The molecule has 0 unspecified atom stereocenters. The van der Waals surface area contributed by atoms with Gasteiger partial charge in [-0.15, -0.1) is 21.5 Å². The van der Waals surface area contributed by atoms with Gasteiger partial charge in [0.25, 0.3) is 5.89 Å². The van der Waals surface area contributed by atoms with Crippen molar-refractivity contribution in [2.24, 2.45) is 5.92 Å². The number of hydrogen-bond acceptors (Lipinski definition) is 6. The van der Waals surface area contributed by atoms with Gasteiger partial charge in [0.1, 0.15) is 0 Å². The first-order valence-corrected chi connectivity index (χ1v) is 8.76. The Morgan fingerprint density at radius 2 is 2.13 bits per heavy atom. The minimum absolute atomic E-state index is 0.0756. The summed E-state index contributed by atoms with van der Waals surface area (Å²) < 4.78 is 5.83. The summed E-state index contributed by atoms with van der Waals surface area (Å²) in [4.78, 5) is 17.0. The van der Waals surface area contributed by atoms with Crippen LogP contribution in [0, 0.1) is 5.92 Å². The number of hydrogen-bond donors (Lipinski definition) is 0. The number of carbonyl (C=O) groups excluding carboxylic acids is 1. The molecule has 0 bridgehead atoms. The van der Waals surface area contributed by atoms with Gasteiger partial charge in [0.15, 0.2) is 0 Å². The highest BCUT2D eigenvalue weighted by Crippen LogP contribution is 2.29. The average Bonchev–Trinajstić information content (AvgIpc) is 3.24. The van der Waals surface area contributed by atoms with Crippen LogP contribution in [0.5, 0.6) is 0 Å². The Labute approximate surface area is 140 Å². The minimum Gasteiger partial charge on any atom is -0.418 e. The summed E-state index contributed by atoms with van der Waals surface area (Å²) in [5, 5.41) is 10.3.